The summed E-state index contributed by atoms with van der Waals surface area (Å²) < 4.78 is 5.82. The number of carboxylic acids is 1. The van der Waals surface area contributed by atoms with Gasteiger partial charge in [-0.25, -0.2) is 0 Å². The fourth-order valence-electron chi connectivity index (χ4n) is 3.26. The van der Waals surface area contributed by atoms with E-state index in [0.29, 0.717) is 19.1 Å². The molecule has 4 nitrogen and oxygen atoms in total. The minimum atomic E-state index is -0.760. The van der Waals surface area contributed by atoms with Gasteiger partial charge in [-0.15, -0.1) is 0 Å². The predicted octanol–water partition coefficient (Wildman–Crippen LogP) is 4.12. The van der Waals surface area contributed by atoms with Gasteiger partial charge in [-0.2, -0.15) is 0 Å². The van der Waals surface area contributed by atoms with Gasteiger partial charge in [0.05, 0.1) is 12.5 Å². The minimum Gasteiger partial charge on any atom is -0.481 e. The number of nitrogens with two attached hydrogens (primary N) is 1. The van der Waals surface area contributed by atoms with Crippen LogP contribution in [0.15, 0.2) is 0 Å². The summed E-state index contributed by atoms with van der Waals surface area (Å²) in [4.78, 5) is 11.0. The van der Waals surface area contributed by atoms with Crippen LogP contribution in [0.5, 0.6) is 0 Å². The third-order valence-corrected chi connectivity index (χ3v) is 4.74. The fourth-order valence-corrected chi connectivity index (χ4v) is 3.26. The fraction of sp³-hybridized carbons (Fsp3) is 0.944. The van der Waals surface area contributed by atoms with Crippen molar-refractivity contribution in [3.63, 3.8) is 0 Å². The van der Waals surface area contributed by atoms with Crippen molar-refractivity contribution < 1.29 is 14.6 Å². The molecule has 1 aliphatic rings. The van der Waals surface area contributed by atoms with Crippen molar-refractivity contribution >= 4 is 5.97 Å². The monoisotopic (exact) mass is 313 g/mol. The Hall–Kier alpha value is -0.610. The molecule has 1 fully saturated rings. The van der Waals surface area contributed by atoms with Gasteiger partial charge >= 0.3 is 5.97 Å². The molecule has 1 heterocycles. The summed E-state index contributed by atoms with van der Waals surface area (Å²) in [5.41, 5.74) is 5.87. The van der Waals surface area contributed by atoms with E-state index in [0.717, 1.165) is 19.3 Å². The van der Waals surface area contributed by atoms with E-state index in [9.17, 15) is 4.79 Å². The molecule has 1 saturated heterocycles. The van der Waals surface area contributed by atoms with Crippen LogP contribution in [0.4, 0.5) is 0 Å². The van der Waals surface area contributed by atoms with Crippen molar-refractivity contribution in [2.24, 2.45) is 11.7 Å². The highest BCUT2D eigenvalue weighted by atomic mass is 16.5. The molecule has 22 heavy (non-hydrogen) atoms. The Morgan fingerprint density at radius 1 is 0.909 bits per heavy atom. The van der Waals surface area contributed by atoms with Crippen LogP contribution in [-0.2, 0) is 9.53 Å². The Labute approximate surface area is 135 Å². The van der Waals surface area contributed by atoms with Crippen molar-refractivity contribution in [1.82, 2.24) is 0 Å². The number of hydrogen-bond donors (Lipinski definition) is 2. The standard InChI is InChI=1S/C18H35NO3/c19-15-16-10-8-6-4-2-1-3-5-7-9-13-22-17(12-11-16)14-18(20)21/h16-17H,1-15,19H2,(H,20,21). The number of hydrogen-bond acceptors (Lipinski definition) is 3. The van der Waals surface area contributed by atoms with Crippen LogP contribution in [0.2, 0.25) is 0 Å². The average molecular weight is 313 g/mol. The molecular formula is C18H35NO3. The second kappa shape index (κ2) is 12.9. The van der Waals surface area contributed by atoms with Gasteiger partial charge in [-0.1, -0.05) is 51.4 Å². The summed E-state index contributed by atoms with van der Waals surface area (Å²) in [6, 6.07) is 0. The van der Waals surface area contributed by atoms with Gasteiger partial charge in [-0.05, 0) is 38.1 Å². The first-order valence-corrected chi connectivity index (χ1v) is 9.26. The minimum absolute atomic E-state index is 0.122. The Balaban J connectivity index is 2.42. The zero-order valence-electron chi connectivity index (χ0n) is 14.1. The molecule has 0 aromatic rings. The summed E-state index contributed by atoms with van der Waals surface area (Å²) in [5.74, 6) is -0.239. The highest BCUT2D eigenvalue weighted by molar-refractivity contribution is 5.67. The van der Waals surface area contributed by atoms with Gasteiger partial charge < -0.3 is 15.6 Å². The van der Waals surface area contributed by atoms with Crippen molar-refractivity contribution in [1.29, 1.82) is 0 Å². The Morgan fingerprint density at radius 2 is 1.50 bits per heavy atom. The lowest BCUT2D eigenvalue weighted by Gasteiger charge is -2.20. The van der Waals surface area contributed by atoms with Crippen molar-refractivity contribution in [2.45, 2.75) is 89.6 Å². The molecule has 1 rings (SSSR count). The summed E-state index contributed by atoms with van der Waals surface area (Å²) in [5, 5.41) is 9.02. The molecule has 2 atom stereocenters. The number of ether oxygens (including phenoxy) is 1. The maximum absolute atomic E-state index is 11.0. The molecule has 1 aliphatic heterocycles. The van der Waals surface area contributed by atoms with Gasteiger partial charge in [0.25, 0.3) is 0 Å². The highest BCUT2D eigenvalue weighted by Gasteiger charge is 2.16. The summed E-state index contributed by atoms with van der Waals surface area (Å²) in [7, 11) is 0. The molecule has 0 saturated carbocycles. The summed E-state index contributed by atoms with van der Waals surface area (Å²) in [6.07, 6.45) is 14.5. The Bertz CT molecular complexity index is 284. The van der Waals surface area contributed by atoms with Crippen LogP contribution >= 0.6 is 0 Å². The van der Waals surface area contributed by atoms with Crippen LogP contribution in [0.1, 0.15) is 83.5 Å². The SMILES string of the molecule is NCC1CCCCCCCCCCCOC(CC(=O)O)CC1. The molecule has 0 aliphatic carbocycles. The lowest BCUT2D eigenvalue weighted by atomic mass is 9.93. The van der Waals surface area contributed by atoms with Gasteiger partial charge in [0.15, 0.2) is 0 Å². The van der Waals surface area contributed by atoms with E-state index in [1.54, 1.807) is 0 Å². The first kappa shape index (κ1) is 19.4. The van der Waals surface area contributed by atoms with Crippen LogP contribution < -0.4 is 5.73 Å². The van der Waals surface area contributed by atoms with Gasteiger partial charge in [0.1, 0.15) is 0 Å². The quantitative estimate of drug-likeness (QED) is 0.822. The smallest absolute Gasteiger partial charge is 0.305 e. The molecule has 0 radical (unpaired) electrons. The third-order valence-electron chi connectivity index (χ3n) is 4.74. The molecule has 0 bridgehead atoms. The summed E-state index contributed by atoms with van der Waals surface area (Å²) in [6.45, 7) is 1.41. The maximum atomic E-state index is 11.0. The van der Waals surface area contributed by atoms with Crippen LogP contribution in [0, 0.1) is 5.92 Å². The van der Waals surface area contributed by atoms with Crippen molar-refractivity contribution in [2.75, 3.05) is 13.2 Å². The second-order valence-corrected chi connectivity index (χ2v) is 6.74. The van der Waals surface area contributed by atoms with E-state index in [4.69, 9.17) is 15.6 Å². The molecule has 0 aromatic heterocycles. The molecule has 0 spiro atoms. The van der Waals surface area contributed by atoms with E-state index < -0.39 is 5.97 Å². The molecule has 0 amide bonds. The van der Waals surface area contributed by atoms with E-state index in [2.05, 4.69) is 0 Å². The molecule has 3 N–H and O–H groups in total. The van der Waals surface area contributed by atoms with Crippen molar-refractivity contribution in [3.8, 4) is 0 Å². The number of rotatable bonds is 3. The molecule has 2 unspecified atom stereocenters. The van der Waals surface area contributed by atoms with Crippen LogP contribution in [0.25, 0.3) is 0 Å². The topological polar surface area (TPSA) is 72.5 Å². The lowest BCUT2D eigenvalue weighted by Crippen LogP contribution is -2.22. The largest absolute Gasteiger partial charge is 0.481 e. The molecule has 0 aromatic carbocycles. The Kier molecular flexibility index (Phi) is 11.4. The normalized spacial score (nSPS) is 27.3. The first-order valence-electron chi connectivity index (χ1n) is 9.26. The van der Waals surface area contributed by atoms with Crippen molar-refractivity contribution in [3.05, 3.63) is 0 Å². The van der Waals surface area contributed by atoms with Gasteiger partial charge in [-0.3, -0.25) is 4.79 Å². The average Bonchev–Trinajstić information content (AvgIpc) is 2.49. The van der Waals surface area contributed by atoms with Gasteiger partial charge in [0, 0.05) is 6.61 Å². The lowest BCUT2D eigenvalue weighted by molar-refractivity contribution is -0.140. The number of aliphatic carboxylic acids is 1. The number of carbonyl (C=O) groups is 1. The molecule has 4 heteroatoms. The number of carboxylic acid groups (broad SMARTS) is 1. The molecule has 130 valence electrons. The van der Waals surface area contributed by atoms with E-state index in [1.165, 1.54) is 57.8 Å². The zero-order valence-corrected chi connectivity index (χ0v) is 14.1. The van der Waals surface area contributed by atoms with E-state index >= 15 is 0 Å². The van der Waals surface area contributed by atoms with Gasteiger partial charge in [0.2, 0.25) is 0 Å². The van der Waals surface area contributed by atoms with Crippen LogP contribution in [-0.4, -0.2) is 30.3 Å². The second-order valence-electron chi connectivity index (χ2n) is 6.74. The predicted molar refractivity (Wildman–Crippen MR) is 89.9 cm³/mol. The summed E-state index contributed by atoms with van der Waals surface area (Å²) >= 11 is 0. The van der Waals surface area contributed by atoms with E-state index in [1.807, 2.05) is 0 Å². The first-order chi connectivity index (χ1) is 10.7. The third kappa shape index (κ3) is 10.2. The maximum Gasteiger partial charge on any atom is 0.305 e. The zero-order chi connectivity index (χ0) is 16.0. The Morgan fingerprint density at radius 3 is 2.09 bits per heavy atom. The highest BCUT2D eigenvalue weighted by Crippen LogP contribution is 2.20. The molecular weight excluding hydrogens is 278 g/mol. The van der Waals surface area contributed by atoms with Crippen LogP contribution in [0.3, 0.4) is 0 Å². The van der Waals surface area contributed by atoms with E-state index in [-0.39, 0.29) is 12.5 Å².